The van der Waals surface area contributed by atoms with Gasteiger partial charge in [-0.1, -0.05) is 12.1 Å². The van der Waals surface area contributed by atoms with Gasteiger partial charge >= 0.3 is 0 Å². The lowest BCUT2D eigenvalue weighted by molar-refractivity contribution is 0.282. The van der Waals surface area contributed by atoms with Gasteiger partial charge in [0.2, 0.25) is 0 Å². The highest BCUT2D eigenvalue weighted by atomic mass is 79.9. The number of hydrogen-bond donors (Lipinski definition) is 2. The van der Waals surface area contributed by atoms with Crippen molar-refractivity contribution >= 4 is 33.0 Å². The Morgan fingerprint density at radius 2 is 2.19 bits per heavy atom. The number of thiophene rings is 1. The van der Waals surface area contributed by atoms with Gasteiger partial charge in [0.15, 0.2) is 0 Å². The number of anilines is 1. The molecule has 1 aromatic heterocycles. The molecule has 16 heavy (non-hydrogen) atoms. The largest absolute Gasteiger partial charge is 0.392 e. The summed E-state index contributed by atoms with van der Waals surface area (Å²) in [6.45, 7) is 0.880. The molecule has 0 bridgehead atoms. The van der Waals surface area contributed by atoms with Crippen LogP contribution >= 0.6 is 27.3 Å². The van der Waals surface area contributed by atoms with Crippen molar-refractivity contribution in [3.8, 4) is 0 Å². The van der Waals surface area contributed by atoms with Crippen LogP contribution < -0.4 is 5.32 Å². The van der Waals surface area contributed by atoms with Crippen molar-refractivity contribution in [2.45, 2.75) is 13.2 Å². The second kappa shape index (κ2) is 5.48. The van der Waals surface area contributed by atoms with E-state index in [1.165, 1.54) is 4.88 Å². The van der Waals surface area contributed by atoms with Crippen molar-refractivity contribution < 1.29 is 5.11 Å². The number of nitrogens with one attached hydrogen (secondary N) is 1. The van der Waals surface area contributed by atoms with Crippen LogP contribution in [0.3, 0.4) is 0 Å². The maximum Gasteiger partial charge on any atom is 0.0682 e. The molecule has 4 heteroatoms. The van der Waals surface area contributed by atoms with Crippen molar-refractivity contribution in [1.29, 1.82) is 0 Å². The first kappa shape index (κ1) is 11.6. The first-order valence-electron chi connectivity index (χ1n) is 4.95. The second-order valence-corrected chi connectivity index (χ2v) is 5.26. The standard InChI is InChI=1S/C12H12BrNOS/c13-11-4-5-16-12(11)7-14-10-3-1-2-9(6-10)8-15/h1-6,14-15H,7-8H2. The Balaban J connectivity index is 2.02. The van der Waals surface area contributed by atoms with Crippen LogP contribution in [0.4, 0.5) is 5.69 Å². The normalized spacial score (nSPS) is 10.4. The van der Waals surface area contributed by atoms with Crippen molar-refractivity contribution in [3.63, 3.8) is 0 Å². The first-order chi connectivity index (χ1) is 7.79. The molecule has 0 saturated carbocycles. The highest BCUT2D eigenvalue weighted by molar-refractivity contribution is 9.10. The number of benzene rings is 1. The van der Waals surface area contributed by atoms with E-state index in [0.717, 1.165) is 22.3 Å². The summed E-state index contributed by atoms with van der Waals surface area (Å²) < 4.78 is 1.14. The topological polar surface area (TPSA) is 32.3 Å². The van der Waals surface area contributed by atoms with E-state index in [-0.39, 0.29) is 6.61 Å². The SMILES string of the molecule is OCc1cccc(NCc2sccc2Br)c1. The molecule has 0 radical (unpaired) electrons. The van der Waals surface area contributed by atoms with E-state index in [1.807, 2.05) is 30.3 Å². The van der Waals surface area contributed by atoms with E-state index < -0.39 is 0 Å². The highest BCUT2D eigenvalue weighted by Gasteiger charge is 2.01. The van der Waals surface area contributed by atoms with Crippen LogP contribution in [0.25, 0.3) is 0 Å². The van der Waals surface area contributed by atoms with Gasteiger partial charge in [-0.3, -0.25) is 0 Å². The fourth-order valence-corrected chi connectivity index (χ4v) is 2.85. The Hall–Kier alpha value is -0.840. The van der Waals surface area contributed by atoms with Crippen LogP contribution in [-0.2, 0) is 13.2 Å². The van der Waals surface area contributed by atoms with Gasteiger partial charge in [0.25, 0.3) is 0 Å². The van der Waals surface area contributed by atoms with Gasteiger partial charge < -0.3 is 10.4 Å². The Morgan fingerprint density at radius 1 is 1.31 bits per heavy atom. The highest BCUT2D eigenvalue weighted by Crippen LogP contribution is 2.23. The van der Waals surface area contributed by atoms with Gasteiger partial charge in [-0.25, -0.2) is 0 Å². The lowest BCUT2D eigenvalue weighted by Gasteiger charge is -2.06. The van der Waals surface area contributed by atoms with Crippen LogP contribution in [0, 0.1) is 0 Å². The van der Waals surface area contributed by atoms with Gasteiger partial charge in [0, 0.05) is 15.0 Å². The summed E-state index contributed by atoms with van der Waals surface area (Å²) in [5.74, 6) is 0. The molecule has 0 aliphatic rings. The summed E-state index contributed by atoms with van der Waals surface area (Å²) in [5.41, 5.74) is 1.96. The molecule has 0 fully saturated rings. The molecule has 0 spiro atoms. The van der Waals surface area contributed by atoms with E-state index in [2.05, 4.69) is 26.6 Å². The van der Waals surface area contributed by atoms with Crippen molar-refractivity contribution in [2.24, 2.45) is 0 Å². The predicted molar refractivity (Wildman–Crippen MR) is 71.7 cm³/mol. The molecule has 2 nitrogen and oxygen atoms in total. The first-order valence-corrected chi connectivity index (χ1v) is 6.62. The monoisotopic (exact) mass is 297 g/mol. The smallest absolute Gasteiger partial charge is 0.0682 e. The van der Waals surface area contributed by atoms with Crippen molar-refractivity contribution in [2.75, 3.05) is 5.32 Å². The summed E-state index contributed by atoms with van der Waals surface area (Å²) in [6.07, 6.45) is 0. The summed E-state index contributed by atoms with van der Waals surface area (Å²) in [6, 6.07) is 9.86. The minimum absolute atomic E-state index is 0.0816. The molecule has 0 aliphatic heterocycles. The minimum atomic E-state index is 0.0816. The fourth-order valence-electron chi connectivity index (χ4n) is 1.41. The molecule has 2 N–H and O–H groups in total. The lowest BCUT2D eigenvalue weighted by atomic mass is 10.2. The molecular weight excluding hydrogens is 286 g/mol. The molecule has 0 aliphatic carbocycles. The van der Waals surface area contributed by atoms with Gasteiger partial charge in [-0.2, -0.15) is 0 Å². The molecule has 0 amide bonds. The quantitative estimate of drug-likeness (QED) is 0.903. The van der Waals surface area contributed by atoms with Crippen molar-refractivity contribution in [3.05, 3.63) is 50.6 Å². The van der Waals surface area contributed by atoms with Crippen molar-refractivity contribution in [1.82, 2.24) is 0 Å². The van der Waals surface area contributed by atoms with E-state index in [1.54, 1.807) is 11.3 Å². The van der Waals surface area contributed by atoms with Crippen LogP contribution in [-0.4, -0.2) is 5.11 Å². The third kappa shape index (κ3) is 2.84. The summed E-state index contributed by atoms with van der Waals surface area (Å²) in [5, 5.41) is 14.4. The molecule has 0 unspecified atom stereocenters. The average Bonchev–Trinajstić information content (AvgIpc) is 2.72. The zero-order valence-electron chi connectivity index (χ0n) is 8.61. The molecule has 0 saturated heterocycles. The van der Waals surface area contributed by atoms with Gasteiger partial charge in [0.1, 0.15) is 0 Å². The van der Waals surface area contributed by atoms with E-state index in [0.29, 0.717) is 0 Å². The number of hydrogen-bond acceptors (Lipinski definition) is 3. The summed E-state index contributed by atoms with van der Waals surface area (Å²) in [4.78, 5) is 1.27. The van der Waals surface area contributed by atoms with Crippen LogP contribution in [0.1, 0.15) is 10.4 Å². The van der Waals surface area contributed by atoms with Crippen LogP contribution in [0.2, 0.25) is 0 Å². The number of aliphatic hydroxyl groups excluding tert-OH is 1. The van der Waals surface area contributed by atoms with Crippen LogP contribution in [0.5, 0.6) is 0 Å². The van der Waals surface area contributed by atoms with Gasteiger partial charge in [-0.15, -0.1) is 11.3 Å². The minimum Gasteiger partial charge on any atom is -0.392 e. The molecule has 1 heterocycles. The van der Waals surface area contributed by atoms with Crippen LogP contribution in [0.15, 0.2) is 40.2 Å². The third-order valence-electron chi connectivity index (χ3n) is 2.25. The Bertz CT molecular complexity index is 470. The number of rotatable bonds is 4. The Kier molecular flexibility index (Phi) is 3.98. The molecular formula is C12H12BrNOS. The number of aliphatic hydroxyl groups is 1. The molecule has 2 rings (SSSR count). The summed E-state index contributed by atoms with van der Waals surface area (Å²) >= 11 is 5.22. The third-order valence-corrected chi connectivity index (χ3v) is 4.18. The van der Waals surface area contributed by atoms with Gasteiger partial charge in [-0.05, 0) is 45.1 Å². The molecule has 84 valence electrons. The van der Waals surface area contributed by atoms with Gasteiger partial charge in [0.05, 0.1) is 13.2 Å². The van der Waals surface area contributed by atoms with E-state index in [9.17, 15) is 0 Å². The number of halogens is 1. The maximum absolute atomic E-state index is 9.03. The second-order valence-electron chi connectivity index (χ2n) is 3.40. The molecule has 1 aromatic carbocycles. The predicted octanol–water partition coefficient (Wildman–Crippen LogP) is 3.62. The zero-order chi connectivity index (χ0) is 11.4. The molecule has 2 aromatic rings. The lowest BCUT2D eigenvalue weighted by Crippen LogP contribution is -1.98. The Morgan fingerprint density at radius 3 is 2.88 bits per heavy atom. The Labute approximate surface area is 107 Å². The molecule has 0 atom stereocenters. The zero-order valence-corrected chi connectivity index (χ0v) is 11.0. The van der Waals surface area contributed by atoms with E-state index in [4.69, 9.17) is 5.11 Å². The fraction of sp³-hybridized carbons (Fsp3) is 0.167. The average molecular weight is 298 g/mol. The maximum atomic E-state index is 9.03. The van der Waals surface area contributed by atoms with E-state index >= 15 is 0 Å². The summed E-state index contributed by atoms with van der Waals surface area (Å²) in [7, 11) is 0.